The molecule has 0 saturated heterocycles. The van der Waals surface area contributed by atoms with Crippen LogP contribution in [-0.2, 0) is 13.1 Å². The van der Waals surface area contributed by atoms with E-state index in [9.17, 15) is 0 Å². The molecule has 0 unspecified atom stereocenters. The number of nitrogens with one attached hydrogen (secondary N) is 1. The summed E-state index contributed by atoms with van der Waals surface area (Å²) >= 11 is 0. The van der Waals surface area contributed by atoms with Gasteiger partial charge in [-0.1, -0.05) is 36.4 Å². The number of aromatic nitrogens is 2. The van der Waals surface area contributed by atoms with Crippen LogP contribution in [0, 0.1) is 0 Å². The molecule has 0 aliphatic carbocycles. The molecule has 2 aromatic rings. The van der Waals surface area contributed by atoms with Crippen LogP contribution in [0.3, 0.4) is 0 Å². The lowest BCUT2D eigenvalue weighted by Gasteiger charge is -2.06. The molecule has 1 heterocycles. The van der Waals surface area contributed by atoms with Gasteiger partial charge in [0.05, 0.1) is 12.9 Å². The fourth-order valence-corrected chi connectivity index (χ4v) is 1.81. The predicted molar refractivity (Wildman–Crippen MR) is 85.9 cm³/mol. The van der Waals surface area contributed by atoms with Gasteiger partial charge >= 0.3 is 0 Å². The fourth-order valence-electron chi connectivity index (χ4n) is 1.81. The number of rotatable bonds is 6. The highest BCUT2D eigenvalue weighted by Crippen LogP contribution is 2.07. The first-order valence-electron chi connectivity index (χ1n) is 6.85. The van der Waals surface area contributed by atoms with Gasteiger partial charge in [0, 0.05) is 25.5 Å². The molecule has 0 saturated carbocycles. The maximum atomic E-state index is 5.78. The summed E-state index contributed by atoms with van der Waals surface area (Å²) in [6.45, 7) is 7.80. The molecule has 0 radical (unpaired) electrons. The molecule has 0 aliphatic heterocycles. The molecule has 0 atom stereocenters. The Bertz CT molecular complexity index is 596. The van der Waals surface area contributed by atoms with Gasteiger partial charge in [0.2, 0.25) is 0 Å². The number of guanidine groups is 1. The van der Waals surface area contributed by atoms with Crippen molar-refractivity contribution in [3.63, 3.8) is 0 Å². The van der Waals surface area contributed by atoms with Crippen LogP contribution >= 0.6 is 0 Å². The van der Waals surface area contributed by atoms with Crippen LogP contribution in [0.2, 0.25) is 0 Å². The fraction of sp³-hybridized carbons (Fsp3) is 0.250. The average molecular weight is 283 g/mol. The second kappa shape index (κ2) is 7.28. The van der Waals surface area contributed by atoms with E-state index in [1.807, 2.05) is 24.0 Å². The summed E-state index contributed by atoms with van der Waals surface area (Å²) in [7, 11) is 0. The highest BCUT2D eigenvalue weighted by atomic mass is 15.1. The summed E-state index contributed by atoms with van der Waals surface area (Å²) in [6, 6.07) is 8.34. The van der Waals surface area contributed by atoms with E-state index in [0.717, 1.165) is 17.7 Å². The van der Waals surface area contributed by atoms with Crippen LogP contribution in [-0.4, -0.2) is 22.1 Å². The number of benzene rings is 1. The Kier molecular flexibility index (Phi) is 5.15. The zero-order valence-electron chi connectivity index (χ0n) is 12.3. The Hall–Kier alpha value is -2.56. The van der Waals surface area contributed by atoms with E-state index < -0.39 is 0 Å². The lowest BCUT2D eigenvalue weighted by atomic mass is 10.1. The summed E-state index contributed by atoms with van der Waals surface area (Å²) in [5, 5.41) is 3.01. The maximum absolute atomic E-state index is 5.78. The minimum Gasteiger partial charge on any atom is -0.370 e. The van der Waals surface area contributed by atoms with Crippen LogP contribution < -0.4 is 11.1 Å². The molecule has 1 aromatic heterocycles. The first-order valence-corrected chi connectivity index (χ1v) is 6.85. The summed E-state index contributed by atoms with van der Waals surface area (Å²) in [5.74, 6) is 0.445. The number of nitrogens with zero attached hydrogens (tertiary/aromatic N) is 3. The topological polar surface area (TPSA) is 68.2 Å². The lowest BCUT2D eigenvalue weighted by Crippen LogP contribution is -2.32. The van der Waals surface area contributed by atoms with Crippen molar-refractivity contribution in [2.45, 2.75) is 20.0 Å². The molecule has 2 rings (SSSR count). The highest BCUT2D eigenvalue weighted by Gasteiger charge is 1.97. The number of nitrogens with two attached hydrogens (primary N) is 1. The van der Waals surface area contributed by atoms with Gasteiger partial charge in [-0.25, -0.2) is 9.98 Å². The maximum Gasteiger partial charge on any atom is 0.189 e. The third-order valence-corrected chi connectivity index (χ3v) is 2.95. The molecule has 0 spiro atoms. The van der Waals surface area contributed by atoms with Gasteiger partial charge in [-0.15, -0.1) is 0 Å². The molecule has 0 fully saturated rings. The van der Waals surface area contributed by atoms with Gasteiger partial charge in [-0.2, -0.15) is 0 Å². The van der Waals surface area contributed by atoms with Crippen molar-refractivity contribution in [3.05, 3.63) is 66.3 Å². The number of hydrogen-bond donors (Lipinski definition) is 2. The van der Waals surface area contributed by atoms with Crippen molar-refractivity contribution in [1.82, 2.24) is 14.9 Å². The number of hydrogen-bond acceptors (Lipinski definition) is 2. The molecular formula is C16H21N5. The van der Waals surface area contributed by atoms with E-state index >= 15 is 0 Å². The van der Waals surface area contributed by atoms with Crippen LogP contribution in [0.4, 0.5) is 0 Å². The van der Waals surface area contributed by atoms with Crippen molar-refractivity contribution < 1.29 is 0 Å². The van der Waals surface area contributed by atoms with Crippen molar-refractivity contribution >= 4 is 5.96 Å². The minimum absolute atomic E-state index is 0.445. The molecule has 21 heavy (non-hydrogen) atoms. The largest absolute Gasteiger partial charge is 0.370 e. The van der Waals surface area contributed by atoms with E-state index in [0.29, 0.717) is 19.0 Å². The van der Waals surface area contributed by atoms with Crippen LogP contribution in [0.15, 0.2) is 60.1 Å². The van der Waals surface area contributed by atoms with Gasteiger partial charge in [-0.05, 0) is 18.1 Å². The van der Waals surface area contributed by atoms with Gasteiger partial charge in [0.15, 0.2) is 5.96 Å². The average Bonchev–Trinajstić information content (AvgIpc) is 2.97. The number of imidazole rings is 1. The third-order valence-electron chi connectivity index (χ3n) is 2.95. The summed E-state index contributed by atoms with van der Waals surface area (Å²) in [4.78, 5) is 8.33. The van der Waals surface area contributed by atoms with E-state index in [-0.39, 0.29) is 0 Å². The summed E-state index contributed by atoms with van der Waals surface area (Å²) < 4.78 is 2.03. The minimum atomic E-state index is 0.445. The van der Waals surface area contributed by atoms with Gasteiger partial charge < -0.3 is 15.6 Å². The van der Waals surface area contributed by atoms with Gasteiger partial charge in [0.1, 0.15) is 0 Å². The van der Waals surface area contributed by atoms with Crippen molar-refractivity contribution in [3.8, 4) is 0 Å². The zero-order valence-corrected chi connectivity index (χ0v) is 12.3. The summed E-state index contributed by atoms with van der Waals surface area (Å²) in [6.07, 6.45) is 5.54. The number of aliphatic imine (C=N–C) groups is 1. The Morgan fingerprint density at radius 3 is 2.67 bits per heavy atom. The quantitative estimate of drug-likeness (QED) is 0.483. The molecular weight excluding hydrogens is 262 g/mol. The van der Waals surface area contributed by atoms with Crippen LogP contribution in [0.1, 0.15) is 18.1 Å². The van der Waals surface area contributed by atoms with E-state index in [1.165, 1.54) is 5.56 Å². The first kappa shape index (κ1) is 14.8. The van der Waals surface area contributed by atoms with Gasteiger partial charge in [0.25, 0.3) is 0 Å². The van der Waals surface area contributed by atoms with Gasteiger partial charge in [-0.3, -0.25) is 0 Å². The summed E-state index contributed by atoms with van der Waals surface area (Å²) in [5.41, 5.74) is 9.16. The van der Waals surface area contributed by atoms with Crippen LogP contribution in [0.5, 0.6) is 0 Å². The van der Waals surface area contributed by atoms with E-state index in [1.54, 1.807) is 6.20 Å². The SMILES string of the molecule is C=C(C)CNC(N)=NCc1ccc(Cn2ccnc2)cc1. The highest BCUT2D eigenvalue weighted by molar-refractivity contribution is 5.78. The zero-order chi connectivity index (χ0) is 15.1. The first-order chi connectivity index (χ1) is 10.1. The Balaban J connectivity index is 1.87. The molecule has 0 aliphatic rings. The molecule has 1 aromatic carbocycles. The molecule has 0 bridgehead atoms. The Morgan fingerprint density at radius 1 is 1.33 bits per heavy atom. The molecule has 5 heteroatoms. The van der Waals surface area contributed by atoms with E-state index in [2.05, 4.69) is 46.1 Å². The Morgan fingerprint density at radius 2 is 2.05 bits per heavy atom. The molecule has 3 N–H and O–H groups in total. The lowest BCUT2D eigenvalue weighted by molar-refractivity contribution is 0.796. The normalized spacial score (nSPS) is 11.4. The van der Waals surface area contributed by atoms with Crippen LogP contribution in [0.25, 0.3) is 0 Å². The molecule has 0 amide bonds. The third kappa shape index (κ3) is 5.14. The second-order valence-corrected chi connectivity index (χ2v) is 5.06. The van der Waals surface area contributed by atoms with Crippen molar-refractivity contribution in [2.75, 3.05) is 6.54 Å². The molecule has 5 nitrogen and oxygen atoms in total. The second-order valence-electron chi connectivity index (χ2n) is 5.06. The smallest absolute Gasteiger partial charge is 0.189 e. The van der Waals surface area contributed by atoms with Crippen molar-refractivity contribution in [2.24, 2.45) is 10.7 Å². The Labute approximate surface area is 125 Å². The monoisotopic (exact) mass is 283 g/mol. The molecule has 110 valence electrons. The standard InChI is InChI=1S/C16H21N5/c1-13(2)9-19-16(17)20-10-14-3-5-15(6-4-14)11-21-8-7-18-12-21/h3-8,12H,1,9-11H2,2H3,(H3,17,19,20). The van der Waals surface area contributed by atoms with E-state index in [4.69, 9.17) is 5.73 Å². The van der Waals surface area contributed by atoms with Crippen molar-refractivity contribution in [1.29, 1.82) is 0 Å². The predicted octanol–water partition coefficient (Wildman–Crippen LogP) is 1.91.